The Morgan fingerprint density at radius 1 is 1.24 bits per heavy atom. The van der Waals surface area contributed by atoms with Crippen LogP contribution in [-0.4, -0.2) is 79.4 Å². The second-order valence-corrected chi connectivity index (χ2v) is 9.90. The van der Waals surface area contributed by atoms with Crippen LogP contribution in [0.1, 0.15) is 30.5 Å². The topological polar surface area (TPSA) is 74.2 Å². The summed E-state index contributed by atoms with van der Waals surface area (Å²) < 4.78 is 0. The summed E-state index contributed by atoms with van der Waals surface area (Å²) in [5.74, 6) is -0.211. The molecule has 0 bridgehead atoms. The molecule has 1 aromatic rings. The number of nitrogens with zero attached hydrogens (tertiary/aromatic N) is 2. The lowest BCUT2D eigenvalue weighted by molar-refractivity contribution is -0.896. The first-order valence-corrected chi connectivity index (χ1v) is 10.8. The number of aryl methyl sites for hydroxylation is 1. The van der Waals surface area contributed by atoms with E-state index in [1.807, 2.05) is 39.8 Å². The maximum atomic E-state index is 12.5. The van der Waals surface area contributed by atoms with Gasteiger partial charge in [0.2, 0.25) is 11.8 Å². The summed E-state index contributed by atoms with van der Waals surface area (Å²) in [6.45, 7) is 11.1. The van der Waals surface area contributed by atoms with Crippen LogP contribution in [0.15, 0.2) is 18.2 Å². The summed E-state index contributed by atoms with van der Waals surface area (Å²) in [5.41, 5.74) is -0.234. The highest BCUT2D eigenvalue weighted by Gasteiger charge is 2.27. The minimum absolute atomic E-state index is 0.0327. The Labute approximate surface area is 177 Å². The lowest BCUT2D eigenvalue weighted by Crippen LogP contribution is -3.16. The largest absolute Gasteiger partial charge is 0.347 e. The van der Waals surface area contributed by atoms with E-state index < -0.39 is 0 Å². The average Bonchev–Trinajstić information content (AvgIpc) is 3.03. The van der Waals surface area contributed by atoms with Crippen LogP contribution in [0.2, 0.25) is 0 Å². The molecule has 1 aliphatic rings. The van der Waals surface area contributed by atoms with Crippen LogP contribution in [0.5, 0.6) is 0 Å². The molecule has 2 rings (SSSR count). The fraction of sp³-hybridized carbons (Fsp3) is 0.571. The van der Waals surface area contributed by atoms with Gasteiger partial charge in [-0.1, -0.05) is 0 Å². The Morgan fingerprint density at radius 2 is 1.90 bits per heavy atom. The molecule has 2 heterocycles. The van der Waals surface area contributed by atoms with E-state index in [1.165, 1.54) is 20.8 Å². The number of piperazine rings is 1. The molecule has 1 fully saturated rings. The molecule has 0 saturated carbocycles. The van der Waals surface area contributed by atoms with Crippen molar-refractivity contribution in [3.8, 4) is 0 Å². The predicted octanol–water partition coefficient (Wildman–Crippen LogP) is 0.170. The molecule has 3 amide bonds. The Morgan fingerprint density at radius 3 is 2.45 bits per heavy atom. The van der Waals surface area contributed by atoms with Crippen LogP contribution >= 0.6 is 11.3 Å². The third kappa shape index (κ3) is 7.98. The average molecular weight is 422 g/mol. The van der Waals surface area contributed by atoms with Crippen LogP contribution < -0.4 is 10.2 Å². The minimum Gasteiger partial charge on any atom is -0.347 e. The molecule has 0 aromatic carbocycles. The normalized spacial score (nSPS) is 15.6. The van der Waals surface area contributed by atoms with Gasteiger partial charge in [-0.2, -0.15) is 0 Å². The second kappa shape index (κ2) is 10.0. The Balaban J connectivity index is 1.75. The van der Waals surface area contributed by atoms with Crippen molar-refractivity contribution in [1.29, 1.82) is 0 Å². The smallest absolute Gasteiger partial charge is 0.275 e. The highest BCUT2D eigenvalue weighted by Crippen LogP contribution is 2.16. The van der Waals surface area contributed by atoms with Crippen molar-refractivity contribution in [1.82, 2.24) is 15.1 Å². The van der Waals surface area contributed by atoms with Crippen LogP contribution in [0.4, 0.5) is 0 Å². The number of carbonyl (C=O) groups excluding carboxylic acids is 3. The minimum atomic E-state index is -0.234. The van der Waals surface area contributed by atoms with Gasteiger partial charge >= 0.3 is 0 Å². The molecule has 160 valence electrons. The molecule has 0 radical (unpaired) electrons. The van der Waals surface area contributed by atoms with Gasteiger partial charge in [0, 0.05) is 28.4 Å². The van der Waals surface area contributed by atoms with Crippen molar-refractivity contribution in [3.63, 3.8) is 0 Å². The molecule has 0 aliphatic carbocycles. The van der Waals surface area contributed by atoms with Gasteiger partial charge in [0.25, 0.3) is 5.91 Å². The van der Waals surface area contributed by atoms with E-state index in [0.29, 0.717) is 19.6 Å². The quantitative estimate of drug-likeness (QED) is 0.643. The van der Waals surface area contributed by atoms with E-state index >= 15 is 0 Å². The van der Waals surface area contributed by atoms with Gasteiger partial charge in [0.05, 0.1) is 32.7 Å². The number of hydrogen-bond donors (Lipinski definition) is 2. The lowest BCUT2D eigenvalue weighted by atomic mass is 10.1. The van der Waals surface area contributed by atoms with Crippen molar-refractivity contribution in [2.75, 3.05) is 46.3 Å². The SMILES string of the molecule is Cc1ccc(/C=C/C(=O)N(C)CC(=O)N2CC[NH+](CC(=O)NC(C)(C)C)CC2)s1. The third-order valence-electron chi connectivity index (χ3n) is 4.65. The third-order valence-corrected chi connectivity index (χ3v) is 5.61. The van der Waals surface area contributed by atoms with Gasteiger partial charge in [-0.25, -0.2) is 0 Å². The Kier molecular flexibility index (Phi) is 7.98. The monoisotopic (exact) mass is 421 g/mol. The van der Waals surface area contributed by atoms with E-state index in [0.717, 1.165) is 18.0 Å². The summed E-state index contributed by atoms with van der Waals surface area (Å²) in [6, 6.07) is 3.98. The summed E-state index contributed by atoms with van der Waals surface area (Å²) in [5, 5.41) is 2.97. The van der Waals surface area contributed by atoms with E-state index in [-0.39, 0.29) is 29.8 Å². The highest BCUT2D eigenvalue weighted by molar-refractivity contribution is 7.12. The number of hydrogen-bond acceptors (Lipinski definition) is 4. The molecule has 7 nitrogen and oxygen atoms in total. The van der Waals surface area contributed by atoms with Crippen LogP contribution in [0.25, 0.3) is 6.08 Å². The van der Waals surface area contributed by atoms with Gasteiger partial charge in [0.1, 0.15) is 0 Å². The number of likely N-dealkylation sites (N-methyl/N-ethyl adjacent to an activating group) is 1. The zero-order valence-electron chi connectivity index (χ0n) is 18.1. The molecule has 0 atom stereocenters. The number of carbonyl (C=O) groups is 3. The number of rotatable bonds is 6. The first kappa shape index (κ1) is 23.1. The molecule has 1 aromatic heterocycles. The van der Waals surface area contributed by atoms with Crippen molar-refractivity contribution in [2.45, 2.75) is 33.2 Å². The molecule has 0 unspecified atom stereocenters. The van der Waals surface area contributed by atoms with Crippen molar-refractivity contribution < 1.29 is 19.3 Å². The van der Waals surface area contributed by atoms with Crippen molar-refractivity contribution >= 4 is 35.1 Å². The van der Waals surface area contributed by atoms with Crippen molar-refractivity contribution in [3.05, 3.63) is 28.0 Å². The van der Waals surface area contributed by atoms with Gasteiger partial charge in [0.15, 0.2) is 6.54 Å². The van der Waals surface area contributed by atoms with E-state index in [1.54, 1.807) is 29.4 Å². The zero-order valence-corrected chi connectivity index (χ0v) is 18.9. The highest BCUT2D eigenvalue weighted by atomic mass is 32.1. The first-order chi connectivity index (χ1) is 13.5. The second-order valence-electron chi connectivity index (χ2n) is 8.58. The predicted molar refractivity (Wildman–Crippen MR) is 116 cm³/mol. The van der Waals surface area contributed by atoms with Gasteiger partial charge in [-0.15, -0.1) is 11.3 Å². The first-order valence-electron chi connectivity index (χ1n) is 9.95. The van der Waals surface area contributed by atoms with E-state index in [2.05, 4.69) is 5.32 Å². The number of quaternary nitrogens is 1. The molecule has 1 saturated heterocycles. The van der Waals surface area contributed by atoms with E-state index in [9.17, 15) is 14.4 Å². The van der Waals surface area contributed by atoms with Gasteiger partial charge < -0.3 is 20.0 Å². The lowest BCUT2D eigenvalue weighted by Gasteiger charge is -2.33. The standard InChI is InChI=1S/C21H32N4O3S/c1-16-6-7-17(29-16)8-9-19(27)23(5)15-20(28)25-12-10-24(11-13-25)14-18(26)22-21(2,3)4/h6-9H,10-15H2,1-5H3,(H,22,26)/p+1/b9-8+. The maximum Gasteiger partial charge on any atom is 0.275 e. The van der Waals surface area contributed by atoms with Crippen molar-refractivity contribution in [2.24, 2.45) is 0 Å². The summed E-state index contributed by atoms with van der Waals surface area (Å²) in [7, 11) is 1.64. The Hall–Kier alpha value is -2.19. The number of amides is 3. The van der Waals surface area contributed by atoms with Crippen LogP contribution in [0, 0.1) is 6.92 Å². The van der Waals surface area contributed by atoms with E-state index in [4.69, 9.17) is 0 Å². The molecule has 29 heavy (non-hydrogen) atoms. The number of nitrogens with one attached hydrogen (secondary N) is 2. The molecular weight excluding hydrogens is 388 g/mol. The van der Waals surface area contributed by atoms with Crippen LogP contribution in [0.3, 0.4) is 0 Å². The fourth-order valence-electron chi connectivity index (χ4n) is 3.14. The molecule has 1 aliphatic heterocycles. The molecular formula is C21H33N4O3S+. The summed E-state index contributed by atoms with van der Waals surface area (Å²) in [6.07, 6.45) is 3.29. The number of thiophene rings is 1. The Bertz CT molecular complexity index is 758. The maximum absolute atomic E-state index is 12.5. The fourth-order valence-corrected chi connectivity index (χ4v) is 3.92. The molecule has 8 heteroatoms. The summed E-state index contributed by atoms with van der Waals surface area (Å²) in [4.78, 5) is 43.5. The van der Waals surface area contributed by atoms with Crippen LogP contribution in [-0.2, 0) is 14.4 Å². The zero-order chi connectivity index (χ0) is 21.6. The summed E-state index contributed by atoms with van der Waals surface area (Å²) >= 11 is 1.62. The molecule has 2 N–H and O–H groups in total. The molecule has 0 spiro atoms. The van der Waals surface area contributed by atoms with Gasteiger partial charge in [-0.3, -0.25) is 14.4 Å². The van der Waals surface area contributed by atoms with Gasteiger partial charge in [-0.05, 0) is 45.9 Å².